The number of halogens is 1. The molecule has 1 heterocycles. The van der Waals surface area contributed by atoms with Crippen LogP contribution >= 0.6 is 15.9 Å². The minimum atomic E-state index is -3.45. The van der Waals surface area contributed by atoms with Gasteiger partial charge in [-0.25, -0.2) is 8.42 Å². The van der Waals surface area contributed by atoms with Gasteiger partial charge in [-0.3, -0.25) is 0 Å². The summed E-state index contributed by atoms with van der Waals surface area (Å²) in [6, 6.07) is 15.4. The summed E-state index contributed by atoms with van der Waals surface area (Å²) in [5.41, 5.74) is 3.74. The van der Waals surface area contributed by atoms with Crippen LogP contribution in [0.3, 0.4) is 0 Å². The summed E-state index contributed by atoms with van der Waals surface area (Å²) in [6.07, 6.45) is 1.75. The molecule has 0 amide bonds. The van der Waals surface area contributed by atoms with Gasteiger partial charge in [0.05, 0.1) is 18.0 Å². The van der Waals surface area contributed by atoms with Crippen molar-refractivity contribution in [3.05, 3.63) is 64.1 Å². The summed E-state index contributed by atoms with van der Waals surface area (Å²) in [5.74, 6) is 0. The molecule has 0 spiro atoms. The molecule has 25 heavy (non-hydrogen) atoms. The highest BCUT2D eigenvalue weighted by molar-refractivity contribution is 9.10. The normalized spacial score (nSPS) is 17.5. The average Bonchev–Trinajstić information content (AvgIpc) is 3.01. The minimum Gasteiger partial charge on any atom is -0.378 e. The number of hydrazone groups is 1. The second-order valence-corrected chi connectivity index (χ2v) is 9.05. The maximum absolute atomic E-state index is 12.2. The first kappa shape index (κ1) is 17.9. The third-order valence-electron chi connectivity index (χ3n) is 4.18. The molecule has 2 aromatic carbocycles. The SMILES string of the molecule is CN(C)c1ccc(C2=NN(S(C)(=O)=O)[C@H](c3ccc(Br)cc3)C2)cc1. The molecule has 0 aliphatic carbocycles. The maximum Gasteiger partial charge on any atom is 0.247 e. The van der Waals surface area contributed by atoms with Gasteiger partial charge in [0, 0.05) is 30.7 Å². The predicted molar refractivity (Wildman–Crippen MR) is 105 cm³/mol. The van der Waals surface area contributed by atoms with Gasteiger partial charge < -0.3 is 4.90 Å². The Balaban J connectivity index is 1.95. The van der Waals surface area contributed by atoms with Crippen molar-refractivity contribution in [2.24, 2.45) is 5.10 Å². The molecule has 7 heteroatoms. The number of nitrogens with zero attached hydrogens (tertiary/aromatic N) is 3. The first-order valence-electron chi connectivity index (χ1n) is 7.86. The van der Waals surface area contributed by atoms with E-state index < -0.39 is 10.0 Å². The molecule has 132 valence electrons. The molecular weight excluding hydrogens is 402 g/mol. The molecule has 0 saturated heterocycles. The fraction of sp³-hybridized carbons (Fsp3) is 0.278. The van der Waals surface area contributed by atoms with Crippen molar-refractivity contribution in [2.75, 3.05) is 25.3 Å². The van der Waals surface area contributed by atoms with Gasteiger partial charge in [0.2, 0.25) is 10.0 Å². The fourth-order valence-corrected chi connectivity index (χ4v) is 4.02. The van der Waals surface area contributed by atoms with Gasteiger partial charge in [-0.1, -0.05) is 40.2 Å². The molecule has 0 fully saturated rings. The van der Waals surface area contributed by atoms with Crippen molar-refractivity contribution in [2.45, 2.75) is 12.5 Å². The van der Waals surface area contributed by atoms with Gasteiger partial charge in [0.25, 0.3) is 0 Å². The lowest BCUT2D eigenvalue weighted by Gasteiger charge is -2.21. The first-order chi connectivity index (χ1) is 11.8. The van der Waals surface area contributed by atoms with Crippen molar-refractivity contribution in [1.82, 2.24) is 4.41 Å². The van der Waals surface area contributed by atoms with Crippen LogP contribution in [0.15, 0.2) is 58.1 Å². The van der Waals surface area contributed by atoms with Crippen LogP contribution in [0.25, 0.3) is 0 Å². The van der Waals surface area contributed by atoms with Gasteiger partial charge in [0.15, 0.2) is 0 Å². The second-order valence-electron chi connectivity index (χ2n) is 6.30. The highest BCUT2D eigenvalue weighted by Crippen LogP contribution is 2.35. The summed E-state index contributed by atoms with van der Waals surface area (Å²) < 4.78 is 26.6. The summed E-state index contributed by atoms with van der Waals surface area (Å²) >= 11 is 3.41. The predicted octanol–water partition coefficient (Wildman–Crippen LogP) is 3.63. The van der Waals surface area contributed by atoms with Crippen molar-refractivity contribution < 1.29 is 8.42 Å². The monoisotopic (exact) mass is 421 g/mol. The zero-order valence-electron chi connectivity index (χ0n) is 14.3. The lowest BCUT2D eigenvalue weighted by molar-refractivity contribution is 0.375. The molecule has 5 nitrogen and oxygen atoms in total. The average molecular weight is 422 g/mol. The van der Waals surface area contributed by atoms with E-state index >= 15 is 0 Å². The van der Waals surface area contributed by atoms with E-state index in [1.165, 1.54) is 10.7 Å². The highest BCUT2D eigenvalue weighted by atomic mass is 79.9. The smallest absolute Gasteiger partial charge is 0.247 e. The summed E-state index contributed by atoms with van der Waals surface area (Å²) in [7, 11) is 0.520. The molecule has 1 atom stereocenters. The molecule has 0 saturated carbocycles. The van der Waals surface area contributed by atoms with Gasteiger partial charge in [-0.2, -0.15) is 9.52 Å². The Labute approximate surface area is 157 Å². The molecule has 0 unspecified atom stereocenters. The number of rotatable bonds is 4. The largest absolute Gasteiger partial charge is 0.378 e. The van der Waals surface area contributed by atoms with E-state index in [4.69, 9.17) is 0 Å². The number of sulfonamides is 1. The van der Waals surface area contributed by atoms with E-state index in [9.17, 15) is 8.42 Å². The van der Waals surface area contributed by atoms with Crippen LogP contribution in [0.5, 0.6) is 0 Å². The molecule has 0 radical (unpaired) electrons. The van der Waals surface area contributed by atoms with Crippen LogP contribution in [0.1, 0.15) is 23.6 Å². The summed E-state index contributed by atoms with van der Waals surface area (Å²) in [6.45, 7) is 0. The van der Waals surface area contributed by atoms with Gasteiger partial charge in [-0.05, 0) is 35.4 Å². The number of anilines is 1. The van der Waals surface area contributed by atoms with E-state index in [2.05, 4.69) is 21.0 Å². The summed E-state index contributed by atoms with van der Waals surface area (Å²) in [4.78, 5) is 2.02. The van der Waals surface area contributed by atoms with Crippen LogP contribution in [-0.2, 0) is 10.0 Å². The van der Waals surface area contributed by atoms with Crippen molar-refractivity contribution in [3.63, 3.8) is 0 Å². The van der Waals surface area contributed by atoms with E-state index in [-0.39, 0.29) is 6.04 Å². The van der Waals surface area contributed by atoms with Gasteiger partial charge in [0.1, 0.15) is 0 Å². The van der Waals surface area contributed by atoms with E-state index in [0.717, 1.165) is 27.0 Å². The Morgan fingerprint density at radius 2 is 1.68 bits per heavy atom. The maximum atomic E-state index is 12.2. The van der Waals surface area contributed by atoms with Crippen LogP contribution in [0, 0.1) is 0 Å². The molecule has 1 aliphatic heterocycles. The third kappa shape index (κ3) is 3.88. The Bertz CT molecular complexity index is 891. The fourth-order valence-electron chi connectivity index (χ4n) is 2.85. The van der Waals surface area contributed by atoms with Crippen molar-refractivity contribution in [1.29, 1.82) is 0 Å². The third-order valence-corrected chi connectivity index (χ3v) is 5.73. The molecule has 1 aliphatic rings. The van der Waals surface area contributed by atoms with Crippen LogP contribution in [-0.4, -0.2) is 38.9 Å². The zero-order chi connectivity index (χ0) is 18.2. The molecule has 2 aromatic rings. The Hall–Kier alpha value is -1.86. The first-order valence-corrected chi connectivity index (χ1v) is 10.5. The molecule has 0 N–H and O–H groups in total. The Morgan fingerprint density at radius 3 is 2.20 bits per heavy atom. The highest BCUT2D eigenvalue weighted by Gasteiger charge is 2.34. The quantitative estimate of drug-likeness (QED) is 0.756. The van der Waals surface area contributed by atoms with Crippen molar-refractivity contribution >= 4 is 37.4 Å². The molecule has 0 aromatic heterocycles. The van der Waals surface area contributed by atoms with E-state index in [1.807, 2.05) is 67.5 Å². The minimum absolute atomic E-state index is 0.313. The standard InChI is InChI=1S/C18H20BrN3O2S/c1-21(2)16-10-6-13(7-11-16)17-12-18(22(20-17)25(3,23)24)14-4-8-15(19)9-5-14/h4-11,18H,12H2,1-3H3/t18-/m0/s1. The molecule has 3 rings (SSSR count). The van der Waals surface area contributed by atoms with Crippen LogP contribution in [0.4, 0.5) is 5.69 Å². The molecular formula is C18H20BrN3O2S. The van der Waals surface area contributed by atoms with E-state index in [0.29, 0.717) is 6.42 Å². The molecule has 0 bridgehead atoms. The lowest BCUT2D eigenvalue weighted by atomic mass is 9.99. The Kier molecular flexibility index (Phi) is 4.88. The summed E-state index contributed by atoms with van der Waals surface area (Å²) in [5, 5.41) is 4.42. The van der Waals surface area contributed by atoms with Crippen LogP contribution < -0.4 is 4.90 Å². The number of benzene rings is 2. The topological polar surface area (TPSA) is 53.0 Å². The lowest BCUT2D eigenvalue weighted by Crippen LogP contribution is -2.25. The zero-order valence-corrected chi connectivity index (χ0v) is 16.8. The Morgan fingerprint density at radius 1 is 1.08 bits per heavy atom. The van der Waals surface area contributed by atoms with Crippen molar-refractivity contribution in [3.8, 4) is 0 Å². The number of hydrogen-bond donors (Lipinski definition) is 0. The number of hydrogen-bond acceptors (Lipinski definition) is 4. The second kappa shape index (κ2) is 6.80. The van der Waals surface area contributed by atoms with Gasteiger partial charge in [-0.15, -0.1) is 0 Å². The van der Waals surface area contributed by atoms with Gasteiger partial charge >= 0.3 is 0 Å². The van der Waals surface area contributed by atoms with E-state index in [1.54, 1.807) is 0 Å². The van der Waals surface area contributed by atoms with Crippen LogP contribution in [0.2, 0.25) is 0 Å².